The lowest BCUT2D eigenvalue weighted by molar-refractivity contribution is -0.155. The molecule has 0 bridgehead atoms. The summed E-state index contributed by atoms with van der Waals surface area (Å²) in [7, 11) is 0. The second-order valence-corrected chi connectivity index (χ2v) is 6.80. The molecule has 140 valence electrons. The van der Waals surface area contributed by atoms with Gasteiger partial charge in [-0.15, -0.1) is 0 Å². The lowest BCUT2D eigenvalue weighted by atomic mass is 9.89. The van der Waals surface area contributed by atoms with Crippen LogP contribution in [-0.2, 0) is 27.2 Å². The zero-order valence-corrected chi connectivity index (χ0v) is 15.1. The largest absolute Gasteiger partial charge is 0.447 e. The predicted octanol–water partition coefficient (Wildman–Crippen LogP) is 3.30. The van der Waals surface area contributed by atoms with E-state index in [1.165, 1.54) is 17.5 Å². The standard InChI is InChI=1S/C22H23NO4/c23-22(26)21(16-7-2-1-3-8-16)27-20(25)13-12-19(24)18-11-10-15-6-4-5-9-17(15)14-18/h1-3,7-8,10-11,14,21H,4-6,9,12-13H2,(H2,23,26). The topological polar surface area (TPSA) is 86.5 Å². The monoisotopic (exact) mass is 365 g/mol. The molecule has 1 aliphatic rings. The summed E-state index contributed by atoms with van der Waals surface area (Å²) in [6, 6.07) is 14.4. The van der Waals surface area contributed by atoms with Crippen molar-refractivity contribution < 1.29 is 19.1 Å². The van der Waals surface area contributed by atoms with Crippen molar-refractivity contribution in [2.45, 2.75) is 44.6 Å². The van der Waals surface area contributed by atoms with E-state index in [-0.39, 0.29) is 18.6 Å². The van der Waals surface area contributed by atoms with Crippen LogP contribution < -0.4 is 5.73 Å². The molecule has 0 saturated heterocycles. The van der Waals surface area contributed by atoms with E-state index in [0.29, 0.717) is 11.1 Å². The minimum Gasteiger partial charge on any atom is -0.447 e. The number of fused-ring (bicyclic) bond motifs is 1. The Labute approximate surface area is 158 Å². The number of primary amides is 1. The molecule has 0 radical (unpaired) electrons. The van der Waals surface area contributed by atoms with Gasteiger partial charge in [0.25, 0.3) is 5.91 Å². The third-order valence-corrected chi connectivity index (χ3v) is 4.84. The number of hydrogen-bond acceptors (Lipinski definition) is 4. The molecular weight excluding hydrogens is 342 g/mol. The number of Topliss-reactive ketones (excluding diaryl/α,β-unsaturated/α-hetero) is 1. The van der Waals surface area contributed by atoms with Crippen LogP contribution in [0.25, 0.3) is 0 Å². The van der Waals surface area contributed by atoms with Crippen LogP contribution in [0.2, 0.25) is 0 Å². The van der Waals surface area contributed by atoms with E-state index in [1.54, 1.807) is 30.3 Å². The van der Waals surface area contributed by atoms with E-state index in [9.17, 15) is 14.4 Å². The van der Waals surface area contributed by atoms with E-state index in [0.717, 1.165) is 19.3 Å². The Morgan fingerprint density at radius 3 is 2.33 bits per heavy atom. The van der Waals surface area contributed by atoms with Crippen molar-refractivity contribution in [1.29, 1.82) is 0 Å². The van der Waals surface area contributed by atoms with Crippen LogP contribution in [0.3, 0.4) is 0 Å². The number of benzene rings is 2. The highest BCUT2D eigenvalue weighted by atomic mass is 16.5. The van der Waals surface area contributed by atoms with Gasteiger partial charge in [-0.05, 0) is 42.9 Å². The third kappa shape index (κ3) is 4.82. The van der Waals surface area contributed by atoms with E-state index < -0.39 is 18.0 Å². The van der Waals surface area contributed by atoms with Crippen molar-refractivity contribution in [3.8, 4) is 0 Å². The predicted molar refractivity (Wildman–Crippen MR) is 101 cm³/mol. The molecule has 1 unspecified atom stereocenters. The molecule has 3 rings (SSSR count). The summed E-state index contributed by atoms with van der Waals surface area (Å²) < 4.78 is 5.21. The van der Waals surface area contributed by atoms with Gasteiger partial charge in [0.1, 0.15) is 0 Å². The number of esters is 1. The molecule has 2 aromatic carbocycles. The number of rotatable bonds is 7. The van der Waals surface area contributed by atoms with Crippen molar-refractivity contribution in [2.75, 3.05) is 0 Å². The number of aryl methyl sites for hydroxylation is 2. The Morgan fingerprint density at radius 1 is 0.926 bits per heavy atom. The first-order chi connectivity index (χ1) is 13.0. The Hall–Kier alpha value is -2.95. The quantitative estimate of drug-likeness (QED) is 0.602. The molecule has 5 nitrogen and oxygen atoms in total. The van der Waals surface area contributed by atoms with Crippen molar-refractivity contribution >= 4 is 17.7 Å². The maximum absolute atomic E-state index is 12.4. The molecule has 0 saturated carbocycles. The number of carbonyl (C=O) groups excluding carboxylic acids is 3. The second kappa shape index (κ2) is 8.62. The zero-order valence-electron chi connectivity index (χ0n) is 15.1. The van der Waals surface area contributed by atoms with Gasteiger partial charge >= 0.3 is 5.97 Å². The summed E-state index contributed by atoms with van der Waals surface area (Å²) >= 11 is 0. The van der Waals surface area contributed by atoms with Gasteiger partial charge in [0.15, 0.2) is 5.78 Å². The highest BCUT2D eigenvalue weighted by Crippen LogP contribution is 2.23. The molecule has 27 heavy (non-hydrogen) atoms. The molecule has 1 aliphatic carbocycles. The summed E-state index contributed by atoms with van der Waals surface area (Å²) in [4.78, 5) is 36.2. The Kier molecular flexibility index (Phi) is 6.01. The van der Waals surface area contributed by atoms with E-state index in [1.807, 2.05) is 18.2 Å². The van der Waals surface area contributed by atoms with E-state index in [2.05, 4.69) is 0 Å². The average molecular weight is 365 g/mol. The lowest BCUT2D eigenvalue weighted by Crippen LogP contribution is -2.26. The summed E-state index contributed by atoms with van der Waals surface area (Å²) in [6.07, 6.45) is 3.20. The van der Waals surface area contributed by atoms with E-state index >= 15 is 0 Å². The molecular formula is C22H23NO4. The summed E-state index contributed by atoms with van der Waals surface area (Å²) in [6.45, 7) is 0. The van der Waals surface area contributed by atoms with Gasteiger partial charge in [0.05, 0.1) is 6.42 Å². The van der Waals surface area contributed by atoms with Gasteiger partial charge in [-0.25, -0.2) is 0 Å². The van der Waals surface area contributed by atoms with Crippen LogP contribution in [0, 0.1) is 0 Å². The lowest BCUT2D eigenvalue weighted by Gasteiger charge is -2.16. The molecule has 5 heteroatoms. The van der Waals surface area contributed by atoms with Crippen LogP contribution in [0.15, 0.2) is 48.5 Å². The fourth-order valence-electron chi connectivity index (χ4n) is 3.38. The summed E-state index contributed by atoms with van der Waals surface area (Å²) in [5.41, 5.74) is 9.02. The van der Waals surface area contributed by atoms with Crippen molar-refractivity contribution in [1.82, 2.24) is 0 Å². The van der Waals surface area contributed by atoms with E-state index in [4.69, 9.17) is 10.5 Å². The first-order valence-corrected chi connectivity index (χ1v) is 9.23. The Bertz CT molecular complexity index is 845. The summed E-state index contributed by atoms with van der Waals surface area (Å²) in [5, 5.41) is 0. The number of ketones is 1. The van der Waals surface area contributed by atoms with Gasteiger partial charge in [-0.1, -0.05) is 42.5 Å². The van der Waals surface area contributed by atoms with Crippen LogP contribution in [0.4, 0.5) is 0 Å². The van der Waals surface area contributed by atoms with Crippen LogP contribution >= 0.6 is 0 Å². The van der Waals surface area contributed by atoms with Crippen molar-refractivity contribution in [2.24, 2.45) is 5.73 Å². The van der Waals surface area contributed by atoms with Crippen molar-refractivity contribution in [3.63, 3.8) is 0 Å². The summed E-state index contributed by atoms with van der Waals surface area (Å²) in [5.74, 6) is -1.46. The maximum atomic E-state index is 12.4. The molecule has 0 spiro atoms. The fraction of sp³-hybridized carbons (Fsp3) is 0.318. The molecule has 2 N–H and O–H groups in total. The number of amides is 1. The maximum Gasteiger partial charge on any atom is 0.307 e. The first kappa shape index (κ1) is 18.8. The molecule has 0 heterocycles. The minimum atomic E-state index is -1.14. The molecule has 2 aromatic rings. The Balaban J connectivity index is 1.58. The number of ether oxygens (including phenoxy) is 1. The van der Waals surface area contributed by atoms with Crippen LogP contribution in [0.1, 0.15) is 58.8 Å². The second-order valence-electron chi connectivity index (χ2n) is 6.80. The third-order valence-electron chi connectivity index (χ3n) is 4.84. The number of hydrogen-bond donors (Lipinski definition) is 1. The average Bonchev–Trinajstić information content (AvgIpc) is 2.70. The molecule has 0 fully saturated rings. The zero-order chi connectivity index (χ0) is 19.2. The van der Waals surface area contributed by atoms with Gasteiger partial charge in [0, 0.05) is 17.5 Å². The van der Waals surface area contributed by atoms with Gasteiger partial charge in [-0.3, -0.25) is 14.4 Å². The highest BCUT2D eigenvalue weighted by molar-refractivity contribution is 5.98. The molecule has 0 aliphatic heterocycles. The molecule has 1 amide bonds. The highest BCUT2D eigenvalue weighted by Gasteiger charge is 2.23. The number of nitrogens with two attached hydrogens (primary N) is 1. The van der Waals surface area contributed by atoms with Crippen LogP contribution in [-0.4, -0.2) is 17.7 Å². The molecule has 1 atom stereocenters. The Morgan fingerprint density at radius 2 is 1.63 bits per heavy atom. The van der Waals surface area contributed by atoms with Gasteiger partial charge in [-0.2, -0.15) is 0 Å². The van der Waals surface area contributed by atoms with Crippen molar-refractivity contribution in [3.05, 3.63) is 70.8 Å². The minimum absolute atomic E-state index is 0.0396. The number of carbonyl (C=O) groups is 3. The van der Waals surface area contributed by atoms with Gasteiger partial charge in [0.2, 0.25) is 6.10 Å². The first-order valence-electron chi connectivity index (χ1n) is 9.23. The molecule has 0 aromatic heterocycles. The van der Waals surface area contributed by atoms with Gasteiger partial charge < -0.3 is 10.5 Å². The fourth-order valence-corrected chi connectivity index (χ4v) is 3.38. The smallest absolute Gasteiger partial charge is 0.307 e. The van der Waals surface area contributed by atoms with Crippen LogP contribution in [0.5, 0.6) is 0 Å². The normalized spacial score (nSPS) is 14.1. The SMILES string of the molecule is NC(=O)C(OC(=O)CCC(=O)c1ccc2c(c1)CCCC2)c1ccccc1.